The van der Waals surface area contributed by atoms with E-state index in [1.807, 2.05) is 0 Å². The number of aliphatic carboxylic acids is 1. The van der Waals surface area contributed by atoms with Crippen LogP contribution in [0.5, 0.6) is 0 Å². The molecule has 0 aromatic carbocycles. The number of carbonyl (C=O) groups is 3. The first-order valence-corrected chi connectivity index (χ1v) is 13.7. The molecule has 1 amide bonds. The summed E-state index contributed by atoms with van der Waals surface area (Å²) >= 11 is 12.1. The van der Waals surface area contributed by atoms with Gasteiger partial charge in [0.25, 0.3) is 5.91 Å². The lowest BCUT2D eigenvalue weighted by molar-refractivity contribution is -0.149. The molecule has 2 aliphatic rings. The predicted molar refractivity (Wildman–Crippen MR) is 137 cm³/mol. The van der Waals surface area contributed by atoms with Crippen LogP contribution in [0.3, 0.4) is 0 Å². The van der Waals surface area contributed by atoms with Crippen molar-refractivity contribution in [3.8, 4) is 0 Å². The number of hydrogen-bond donors (Lipinski definition) is 1. The van der Waals surface area contributed by atoms with Crippen LogP contribution in [0, 0.1) is 11.8 Å². The minimum Gasteiger partial charge on any atom is -0.481 e. The number of halogens is 6. The van der Waals surface area contributed by atoms with Crippen molar-refractivity contribution in [1.82, 2.24) is 19.7 Å². The van der Waals surface area contributed by atoms with Gasteiger partial charge in [-0.2, -0.15) is 18.3 Å². The summed E-state index contributed by atoms with van der Waals surface area (Å²) in [4.78, 5) is 42.8. The molecule has 2 aromatic heterocycles. The topological polar surface area (TPSA) is 105 Å². The van der Waals surface area contributed by atoms with Crippen LogP contribution in [-0.2, 0) is 11.0 Å². The second-order valence-corrected chi connectivity index (χ2v) is 11.5. The molecule has 40 heavy (non-hydrogen) atoms. The maximum Gasteiger partial charge on any atom is 0.433 e. The van der Waals surface area contributed by atoms with Gasteiger partial charge in [-0.1, -0.05) is 43.0 Å². The van der Waals surface area contributed by atoms with Crippen molar-refractivity contribution in [2.24, 2.45) is 11.8 Å². The van der Waals surface area contributed by atoms with E-state index < -0.39 is 71.7 Å². The Morgan fingerprint density at radius 2 is 1.75 bits per heavy atom. The number of amides is 1. The Morgan fingerprint density at radius 3 is 2.30 bits per heavy atom. The van der Waals surface area contributed by atoms with Gasteiger partial charge in [0, 0.05) is 12.4 Å². The molecule has 3 atom stereocenters. The molecule has 14 heteroatoms. The molecule has 0 spiro atoms. The largest absolute Gasteiger partial charge is 0.481 e. The highest BCUT2D eigenvalue weighted by atomic mass is 35.5. The molecule has 8 nitrogen and oxygen atoms in total. The van der Waals surface area contributed by atoms with E-state index >= 15 is 4.39 Å². The van der Waals surface area contributed by atoms with Gasteiger partial charge in [-0.15, -0.1) is 0 Å². The Morgan fingerprint density at radius 1 is 1.12 bits per heavy atom. The Balaban J connectivity index is 1.70. The third kappa shape index (κ3) is 6.27. The fourth-order valence-corrected chi connectivity index (χ4v) is 6.42. The number of alkyl halides is 4. The first-order chi connectivity index (χ1) is 18.7. The van der Waals surface area contributed by atoms with E-state index in [2.05, 4.69) is 10.1 Å². The molecule has 2 aromatic rings. The zero-order valence-electron chi connectivity index (χ0n) is 21.6. The molecule has 1 N–H and O–H groups in total. The van der Waals surface area contributed by atoms with Gasteiger partial charge in [0.2, 0.25) is 0 Å². The molecule has 2 saturated carbocycles. The van der Waals surface area contributed by atoms with Gasteiger partial charge in [0.15, 0.2) is 11.5 Å². The van der Waals surface area contributed by atoms with E-state index in [0.717, 1.165) is 28.2 Å². The number of carbonyl (C=O) groups excluding carboxylic acids is 2. The van der Waals surface area contributed by atoms with E-state index in [4.69, 9.17) is 23.2 Å². The summed E-state index contributed by atoms with van der Waals surface area (Å²) in [6.07, 6.45) is -0.257. The van der Waals surface area contributed by atoms with Crippen LogP contribution < -0.4 is 0 Å². The average Bonchev–Trinajstić information content (AvgIpc) is 3.49. The molecule has 2 heterocycles. The molecular formula is C26H28Cl2F4N4O4. The number of carboxylic acid groups (broad SMARTS) is 1. The zero-order valence-corrected chi connectivity index (χ0v) is 23.1. The van der Waals surface area contributed by atoms with Crippen LogP contribution in [0.4, 0.5) is 17.6 Å². The van der Waals surface area contributed by atoms with E-state index in [1.54, 1.807) is 6.92 Å². The van der Waals surface area contributed by atoms with E-state index in [0.29, 0.717) is 12.8 Å². The smallest absolute Gasteiger partial charge is 0.433 e. The van der Waals surface area contributed by atoms with E-state index in [9.17, 15) is 32.7 Å². The molecule has 0 unspecified atom stereocenters. The summed E-state index contributed by atoms with van der Waals surface area (Å²) in [5, 5.41) is 13.1. The molecule has 0 bridgehead atoms. The Hall–Kier alpha value is -2.73. The molecule has 0 radical (unpaired) electrons. The molecule has 218 valence electrons. The molecule has 4 rings (SSSR count). The van der Waals surface area contributed by atoms with Crippen LogP contribution in [0.2, 0.25) is 10.0 Å². The number of carboxylic acids is 1. The number of pyridine rings is 1. The van der Waals surface area contributed by atoms with Crippen molar-refractivity contribution in [3.63, 3.8) is 0 Å². The van der Waals surface area contributed by atoms with Gasteiger partial charge in [0.05, 0.1) is 52.4 Å². The van der Waals surface area contributed by atoms with Crippen molar-refractivity contribution in [1.29, 1.82) is 0 Å². The van der Waals surface area contributed by atoms with Gasteiger partial charge in [-0.3, -0.25) is 24.0 Å². The molecule has 0 saturated heterocycles. The molecular weight excluding hydrogens is 579 g/mol. The van der Waals surface area contributed by atoms with E-state index in [1.165, 1.54) is 0 Å². The second kappa shape index (κ2) is 11.6. The molecule has 0 aliphatic heterocycles. The van der Waals surface area contributed by atoms with Crippen LogP contribution in [-0.4, -0.2) is 61.2 Å². The lowest BCUT2D eigenvalue weighted by Crippen LogP contribution is -2.45. The number of aromatic nitrogens is 3. The SMILES string of the molecule is C[C@@H]1C[C@@H](n2ncc(C(=O)N(CC(=O)c3c(Cl)cncc3Cl)CC3(F)CCCC3)c2C(F)(F)F)CC[C@@H]1C(=O)O. The lowest BCUT2D eigenvalue weighted by Gasteiger charge is -2.33. The Kier molecular flexibility index (Phi) is 8.79. The lowest BCUT2D eigenvalue weighted by atomic mass is 9.78. The summed E-state index contributed by atoms with van der Waals surface area (Å²) in [6, 6.07) is -0.796. The predicted octanol–water partition coefficient (Wildman–Crippen LogP) is 6.27. The van der Waals surface area contributed by atoms with Gasteiger partial charge >= 0.3 is 12.1 Å². The maximum atomic E-state index is 15.6. The van der Waals surface area contributed by atoms with Crippen molar-refractivity contribution in [2.45, 2.75) is 69.8 Å². The highest BCUT2D eigenvalue weighted by Crippen LogP contribution is 2.42. The fraction of sp³-hybridized carbons (Fsp3) is 0.577. The van der Waals surface area contributed by atoms with Crippen LogP contribution in [0.25, 0.3) is 0 Å². The number of ketones is 1. The fourth-order valence-electron chi connectivity index (χ4n) is 5.84. The zero-order chi connectivity index (χ0) is 29.4. The van der Waals surface area contributed by atoms with Crippen LogP contribution >= 0.6 is 23.2 Å². The van der Waals surface area contributed by atoms with Gasteiger partial charge in [-0.05, 0) is 38.0 Å². The van der Waals surface area contributed by atoms with Crippen molar-refractivity contribution in [2.75, 3.05) is 13.1 Å². The molecule has 2 fully saturated rings. The van der Waals surface area contributed by atoms with Crippen LogP contribution in [0.1, 0.15) is 84.3 Å². The standard InChI is InChI=1S/C26H28Cl2F4N4O4/c1-14-8-15(4-5-16(14)24(39)40)36-22(26(30,31)32)17(9-34-36)23(38)35(13-25(29)6-2-3-7-25)12-20(37)21-18(27)10-33-11-19(21)28/h9-11,14-16H,2-8,12-13H2,1H3,(H,39,40)/t14-,15+,16+/m1/s1. The summed E-state index contributed by atoms with van der Waals surface area (Å²) in [5.41, 5.74) is -4.19. The first-order valence-electron chi connectivity index (χ1n) is 12.9. The normalized spacial score (nSPS) is 22.7. The Labute approximate surface area is 237 Å². The second-order valence-electron chi connectivity index (χ2n) is 10.7. The van der Waals surface area contributed by atoms with Crippen molar-refractivity contribution in [3.05, 3.63) is 45.5 Å². The van der Waals surface area contributed by atoms with Gasteiger partial charge in [-0.25, -0.2) is 4.39 Å². The first kappa shape index (κ1) is 30.2. The minimum atomic E-state index is -5.01. The quantitative estimate of drug-likeness (QED) is 0.280. The number of hydrogen-bond acceptors (Lipinski definition) is 5. The minimum absolute atomic E-state index is 0.0951. The van der Waals surface area contributed by atoms with Gasteiger partial charge in [0.1, 0.15) is 5.67 Å². The van der Waals surface area contributed by atoms with Gasteiger partial charge < -0.3 is 10.0 Å². The highest BCUT2D eigenvalue weighted by Gasteiger charge is 2.45. The average molecular weight is 607 g/mol. The molecule has 2 aliphatic carbocycles. The van der Waals surface area contributed by atoms with Crippen molar-refractivity contribution >= 4 is 40.9 Å². The number of rotatable bonds is 8. The summed E-state index contributed by atoms with van der Waals surface area (Å²) < 4.78 is 59.6. The summed E-state index contributed by atoms with van der Waals surface area (Å²) in [5.74, 6) is -4.11. The third-order valence-corrected chi connectivity index (χ3v) is 8.40. The monoisotopic (exact) mass is 606 g/mol. The number of Topliss-reactive ketones (excluding diaryl/α,β-unsaturated/α-hetero) is 1. The third-order valence-electron chi connectivity index (χ3n) is 7.83. The maximum absolute atomic E-state index is 15.6. The highest BCUT2D eigenvalue weighted by molar-refractivity contribution is 6.39. The summed E-state index contributed by atoms with van der Waals surface area (Å²) in [7, 11) is 0. The van der Waals surface area contributed by atoms with Crippen LogP contribution in [0.15, 0.2) is 18.6 Å². The number of nitrogens with zero attached hydrogens (tertiary/aromatic N) is 4. The van der Waals surface area contributed by atoms with Crippen molar-refractivity contribution < 1.29 is 37.1 Å². The van der Waals surface area contributed by atoms with E-state index in [-0.39, 0.29) is 47.7 Å². The Bertz CT molecular complexity index is 1280. The summed E-state index contributed by atoms with van der Waals surface area (Å²) in [6.45, 7) is 0.289.